The first kappa shape index (κ1) is 13.3. The Morgan fingerprint density at radius 2 is 2.05 bits per heavy atom. The molecule has 0 aliphatic rings. The molecule has 2 rings (SSSR count). The number of aliphatic imine (C=N–C) groups is 1. The highest BCUT2D eigenvalue weighted by atomic mass is 32.1. The first-order valence-electron chi connectivity index (χ1n) is 5.86. The van der Waals surface area contributed by atoms with Crippen molar-refractivity contribution in [2.24, 2.45) is 4.99 Å². The fourth-order valence-electron chi connectivity index (χ4n) is 1.72. The maximum absolute atomic E-state index is 9.80. The summed E-state index contributed by atoms with van der Waals surface area (Å²) in [7, 11) is 0. The van der Waals surface area contributed by atoms with Gasteiger partial charge in [0.1, 0.15) is 16.8 Å². The second-order valence-corrected chi connectivity index (χ2v) is 5.60. The Bertz CT molecular complexity index is 693. The van der Waals surface area contributed by atoms with Gasteiger partial charge in [0.2, 0.25) is 0 Å². The van der Waals surface area contributed by atoms with E-state index in [0.717, 1.165) is 16.0 Å². The van der Waals surface area contributed by atoms with Crippen LogP contribution in [0.5, 0.6) is 5.75 Å². The quantitative estimate of drug-likeness (QED) is 0.838. The Hall–Kier alpha value is -2.12. The van der Waals surface area contributed by atoms with Gasteiger partial charge in [-0.05, 0) is 44.0 Å². The molecule has 4 heteroatoms. The third kappa shape index (κ3) is 2.67. The summed E-state index contributed by atoms with van der Waals surface area (Å²) in [6, 6.07) is 7.60. The second-order valence-electron chi connectivity index (χ2n) is 4.40. The van der Waals surface area contributed by atoms with Crippen LogP contribution in [0, 0.1) is 32.1 Å². The molecule has 0 fully saturated rings. The number of benzene rings is 1. The number of rotatable bonds is 2. The number of aryl methyl sites for hydroxylation is 2. The van der Waals surface area contributed by atoms with E-state index in [4.69, 9.17) is 5.26 Å². The van der Waals surface area contributed by atoms with Crippen molar-refractivity contribution in [2.75, 3.05) is 0 Å². The molecule has 0 aliphatic heterocycles. The van der Waals surface area contributed by atoms with Crippen LogP contribution in [-0.4, -0.2) is 11.3 Å². The maximum atomic E-state index is 9.80. The number of nitriles is 1. The second kappa shape index (κ2) is 5.25. The van der Waals surface area contributed by atoms with Crippen molar-refractivity contribution in [1.82, 2.24) is 0 Å². The highest BCUT2D eigenvalue weighted by Crippen LogP contribution is 2.34. The van der Waals surface area contributed by atoms with E-state index in [9.17, 15) is 5.11 Å². The molecule has 0 atom stereocenters. The van der Waals surface area contributed by atoms with E-state index >= 15 is 0 Å². The lowest BCUT2D eigenvalue weighted by Gasteiger charge is -1.99. The summed E-state index contributed by atoms with van der Waals surface area (Å²) < 4.78 is 0. The van der Waals surface area contributed by atoms with E-state index in [1.165, 1.54) is 11.3 Å². The van der Waals surface area contributed by atoms with Crippen LogP contribution in [-0.2, 0) is 0 Å². The molecule has 3 nitrogen and oxygen atoms in total. The van der Waals surface area contributed by atoms with E-state index in [1.54, 1.807) is 12.3 Å². The van der Waals surface area contributed by atoms with Crippen LogP contribution in [0.15, 0.2) is 23.2 Å². The highest BCUT2D eigenvalue weighted by molar-refractivity contribution is 7.16. The summed E-state index contributed by atoms with van der Waals surface area (Å²) in [6.07, 6.45) is 1.60. The molecule has 1 heterocycles. The van der Waals surface area contributed by atoms with Gasteiger partial charge in [-0.25, -0.2) is 4.99 Å². The molecule has 19 heavy (non-hydrogen) atoms. The van der Waals surface area contributed by atoms with Gasteiger partial charge < -0.3 is 5.11 Å². The number of aromatic hydroxyl groups is 1. The Balaban J connectivity index is 2.38. The average molecular weight is 270 g/mol. The lowest BCUT2D eigenvalue weighted by atomic mass is 10.1. The molecule has 0 spiro atoms. The van der Waals surface area contributed by atoms with Crippen LogP contribution >= 0.6 is 11.3 Å². The third-order valence-electron chi connectivity index (χ3n) is 2.99. The summed E-state index contributed by atoms with van der Waals surface area (Å²) >= 11 is 1.49. The third-order valence-corrected chi connectivity index (χ3v) is 4.10. The van der Waals surface area contributed by atoms with Gasteiger partial charge in [-0.15, -0.1) is 11.3 Å². The van der Waals surface area contributed by atoms with Gasteiger partial charge in [-0.3, -0.25) is 0 Å². The molecule has 0 unspecified atom stereocenters. The zero-order chi connectivity index (χ0) is 14.0. The van der Waals surface area contributed by atoms with Crippen molar-refractivity contribution in [3.63, 3.8) is 0 Å². The standard InChI is InChI=1S/C15H14N2OS/c1-9-4-5-12(14(18)6-9)8-17-15-13(7-16)10(2)11(3)19-15/h4-6,8,18H,1-3H3/b17-8+. The van der Waals surface area contributed by atoms with Crippen LogP contribution in [0.3, 0.4) is 0 Å². The topological polar surface area (TPSA) is 56.4 Å². The fourth-order valence-corrected chi connectivity index (χ4v) is 2.67. The Kier molecular flexibility index (Phi) is 3.68. The molecule has 1 N–H and O–H groups in total. The van der Waals surface area contributed by atoms with Crippen LogP contribution in [0.4, 0.5) is 5.00 Å². The Morgan fingerprint density at radius 1 is 1.32 bits per heavy atom. The molecule has 0 aliphatic carbocycles. The summed E-state index contributed by atoms with van der Waals surface area (Å²) in [4.78, 5) is 5.42. The Morgan fingerprint density at radius 3 is 2.68 bits per heavy atom. The van der Waals surface area contributed by atoms with Crippen LogP contribution in [0.25, 0.3) is 0 Å². The van der Waals surface area contributed by atoms with E-state index in [2.05, 4.69) is 11.1 Å². The first-order valence-corrected chi connectivity index (χ1v) is 6.68. The number of nitrogens with zero attached hydrogens (tertiary/aromatic N) is 2. The molecular weight excluding hydrogens is 256 g/mol. The molecule has 0 bridgehead atoms. The van der Waals surface area contributed by atoms with Crippen molar-refractivity contribution in [2.45, 2.75) is 20.8 Å². The minimum atomic E-state index is 0.201. The van der Waals surface area contributed by atoms with Crippen molar-refractivity contribution in [3.8, 4) is 11.8 Å². The molecule has 1 aromatic heterocycles. The molecule has 2 aromatic rings. The van der Waals surface area contributed by atoms with Gasteiger partial charge >= 0.3 is 0 Å². The number of phenolic OH excluding ortho intramolecular Hbond substituents is 1. The molecule has 0 saturated carbocycles. The maximum Gasteiger partial charge on any atom is 0.134 e. The summed E-state index contributed by atoms with van der Waals surface area (Å²) in [5.74, 6) is 0.201. The van der Waals surface area contributed by atoms with Gasteiger partial charge in [0.05, 0.1) is 5.56 Å². The summed E-state index contributed by atoms with van der Waals surface area (Å²) in [5.41, 5.74) is 3.24. The van der Waals surface area contributed by atoms with Crippen molar-refractivity contribution in [3.05, 3.63) is 45.3 Å². The van der Waals surface area contributed by atoms with Gasteiger partial charge in [-0.2, -0.15) is 5.26 Å². The lowest BCUT2D eigenvalue weighted by molar-refractivity contribution is 0.474. The zero-order valence-corrected chi connectivity index (χ0v) is 11.9. The van der Waals surface area contributed by atoms with Gasteiger partial charge in [-0.1, -0.05) is 6.07 Å². The minimum absolute atomic E-state index is 0.201. The lowest BCUT2D eigenvalue weighted by Crippen LogP contribution is -1.83. The highest BCUT2D eigenvalue weighted by Gasteiger charge is 2.10. The first-order chi connectivity index (χ1) is 9.02. The van der Waals surface area contributed by atoms with Gasteiger partial charge in [0, 0.05) is 16.7 Å². The van der Waals surface area contributed by atoms with Crippen molar-refractivity contribution in [1.29, 1.82) is 5.26 Å². The fraction of sp³-hybridized carbons (Fsp3) is 0.200. The summed E-state index contributed by atoms with van der Waals surface area (Å²) in [6.45, 7) is 5.82. The molecule has 0 radical (unpaired) electrons. The zero-order valence-electron chi connectivity index (χ0n) is 11.1. The van der Waals surface area contributed by atoms with Gasteiger partial charge in [0.25, 0.3) is 0 Å². The van der Waals surface area contributed by atoms with Crippen LogP contribution in [0.1, 0.15) is 27.1 Å². The van der Waals surface area contributed by atoms with Crippen molar-refractivity contribution >= 4 is 22.6 Å². The van der Waals surface area contributed by atoms with E-state index < -0.39 is 0 Å². The van der Waals surface area contributed by atoms with E-state index in [1.807, 2.05) is 32.9 Å². The normalized spacial score (nSPS) is 10.8. The smallest absolute Gasteiger partial charge is 0.134 e. The Labute approximate surface area is 116 Å². The molecule has 96 valence electrons. The summed E-state index contributed by atoms with van der Waals surface area (Å²) in [5, 5.41) is 19.6. The van der Waals surface area contributed by atoms with Crippen LogP contribution in [0.2, 0.25) is 0 Å². The predicted molar refractivity (Wildman–Crippen MR) is 78.6 cm³/mol. The van der Waals surface area contributed by atoms with E-state index in [-0.39, 0.29) is 5.75 Å². The largest absolute Gasteiger partial charge is 0.507 e. The minimum Gasteiger partial charge on any atom is -0.507 e. The number of thiophene rings is 1. The predicted octanol–water partition coefficient (Wildman–Crippen LogP) is 4.00. The number of hydrogen-bond acceptors (Lipinski definition) is 4. The number of phenols is 1. The molecule has 0 amide bonds. The average Bonchev–Trinajstić information content (AvgIpc) is 2.63. The SMILES string of the molecule is Cc1ccc(/C=N/c2sc(C)c(C)c2C#N)c(O)c1. The molecule has 1 aromatic carbocycles. The van der Waals surface area contributed by atoms with Crippen molar-refractivity contribution < 1.29 is 5.11 Å². The number of hydrogen-bond donors (Lipinski definition) is 1. The molecule has 0 saturated heterocycles. The van der Waals surface area contributed by atoms with Gasteiger partial charge in [0.15, 0.2) is 0 Å². The van der Waals surface area contributed by atoms with Crippen LogP contribution < -0.4 is 0 Å². The van der Waals surface area contributed by atoms with E-state index in [0.29, 0.717) is 16.1 Å². The molecular formula is C15H14N2OS. The monoisotopic (exact) mass is 270 g/mol.